The molecule has 0 spiro atoms. The first kappa shape index (κ1) is 21.7. The molecule has 1 heterocycles. The number of hydrogen-bond acceptors (Lipinski definition) is 5. The van der Waals surface area contributed by atoms with Gasteiger partial charge in [0.2, 0.25) is 5.91 Å². The number of amides is 1. The minimum Gasteiger partial charge on any atom is -0.354 e. The van der Waals surface area contributed by atoms with Gasteiger partial charge in [0.15, 0.2) is 0 Å². The van der Waals surface area contributed by atoms with Crippen molar-refractivity contribution in [3.05, 3.63) is 34.4 Å². The molecule has 0 radical (unpaired) electrons. The molecule has 2 atom stereocenters. The fraction of sp³-hybridized carbons (Fsp3) is 0.650. The van der Waals surface area contributed by atoms with Crippen LogP contribution in [0, 0.1) is 22.0 Å². The fourth-order valence-corrected chi connectivity index (χ4v) is 4.29. The topological polar surface area (TPSA) is 75.5 Å². The van der Waals surface area contributed by atoms with Gasteiger partial charge in [-0.05, 0) is 56.8 Å². The number of piperidine rings is 1. The second kappa shape index (κ2) is 10.1. The smallest absolute Gasteiger partial charge is 0.269 e. The highest BCUT2D eigenvalue weighted by Crippen LogP contribution is 2.26. The van der Waals surface area contributed by atoms with E-state index in [1.165, 1.54) is 36.7 Å². The van der Waals surface area contributed by atoms with Crippen LogP contribution in [0.25, 0.3) is 0 Å². The van der Waals surface area contributed by atoms with Crippen LogP contribution in [0.1, 0.15) is 40.5 Å². The summed E-state index contributed by atoms with van der Waals surface area (Å²) in [7, 11) is 0. The molecular formula is C20H31N3O3S. The van der Waals surface area contributed by atoms with Gasteiger partial charge in [0.05, 0.1) is 10.2 Å². The number of likely N-dealkylation sites (tertiary alicyclic amines) is 1. The van der Waals surface area contributed by atoms with E-state index < -0.39 is 4.92 Å². The third-order valence-corrected chi connectivity index (χ3v) is 6.38. The summed E-state index contributed by atoms with van der Waals surface area (Å²) in [6, 6.07) is 6.69. The molecule has 1 saturated heterocycles. The van der Waals surface area contributed by atoms with Gasteiger partial charge in [-0.2, -0.15) is 0 Å². The number of thioether (sulfide) groups is 1. The first-order chi connectivity index (χ1) is 12.8. The molecule has 0 unspecified atom stereocenters. The molecular weight excluding hydrogens is 362 g/mol. The Morgan fingerprint density at radius 1 is 1.26 bits per heavy atom. The van der Waals surface area contributed by atoms with Crippen LogP contribution in [-0.2, 0) is 4.79 Å². The Hall–Kier alpha value is -1.60. The van der Waals surface area contributed by atoms with Crippen LogP contribution >= 0.6 is 11.8 Å². The number of nitrogens with zero attached hydrogens (tertiary/aromatic N) is 2. The van der Waals surface area contributed by atoms with Gasteiger partial charge >= 0.3 is 0 Å². The number of benzene rings is 1. The Morgan fingerprint density at radius 2 is 1.85 bits per heavy atom. The molecule has 1 aliphatic rings. The number of nitro benzene ring substituents is 1. The second-order valence-electron chi connectivity index (χ2n) is 7.79. The van der Waals surface area contributed by atoms with Gasteiger partial charge in [0.1, 0.15) is 0 Å². The van der Waals surface area contributed by atoms with Crippen molar-refractivity contribution in [3.63, 3.8) is 0 Å². The molecule has 1 aromatic rings. The third-order valence-electron chi connectivity index (χ3n) is 5.27. The van der Waals surface area contributed by atoms with Crippen LogP contribution in [0.15, 0.2) is 29.2 Å². The maximum absolute atomic E-state index is 12.5. The summed E-state index contributed by atoms with van der Waals surface area (Å²) in [6.07, 6.45) is 2.45. The lowest BCUT2D eigenvalue weighted by atomic mass is 9.94. The summed E-state index contributed by atoms with van der Waals surface area (Å²) in [4.78, 5) is 26.2. The fourth-order valence-electron chi connectivity index (χ4n) is 3.40. The van der Waals surface area contributed by atoms with Crippen molar-refractivity contribution >= 4 is 23.4 Å². The zero-order valence-electron chi connectivity index (χ0n) is 16.7. The highest BCUT2D eigenvalue weighted by molar-refractivity contribution is 8.00. The third kappa shape index (κ3) is 6.50. The number of nitro groups is 1. The zero-order chi connectivity index (χ0) is 20.0. The van der Waals surface area contributed by atoms with Crippen LogP contribution in [-0.4, -0.2) is 46.7 Å². The van der Waals surface area contributed by atoms with E-state index in [1.54, 1.807) is 12.1 Å². The summed E-state index contributed by atoms with van der Waals surface area (Å²) in [5, 5.41) is 13.6. The molecule has 0 saturated carbocycles. The Kier molecular flexibility index (Phi) is 8.10. The van der Waals surface area contributed by atoms with Crippen molar-refractivity contribution in [2.24, 2.45) is 11.8 Å². The molecule has 1 aliphatic heterocycles. The minimum absolute atomic E-state index is 0.00869. The highest BCUT2D eigenvalue weighted by atomic mass is 32.2. The van der Waals surface area contributed by atoms with E-state index >= 15 is 0 Å². The predicted octanol–water partition coefficient (Wildman–Crippen LogP) is 3.95. The first-order valence-electron chi connectivity index (χ1n) is 9.70. The maximum atomic E-state index is 12.5. The molecule has 0 bridgehead atoms. The molecule has 2 rings (SSSR count). The zero-order valence-corrected chi connectivity index (χ0v) is 17.5. The molecule has 1 fully saturated rings. The maximum Gasteiger partial charge on any atom is 0.269 e. The largest absolute Gasteiger partial charge is 0.354 e. The van der Waals surface area contributed by atoms with Crippen LogP contribution in [0.2, 0.25) is 0 Å². The van der Waals surface area contributed by atoms with E-state index in [9.17, 15) is 14.9 Å². The van der Waals surface area contributed by atoms with Gasteiger partial charge in [-0.25, -0.2) is 0 Å². The van der Waals surface area contributed by atoms with E-state index in [1.807, 2.05) is 6.92 Å². The van der Waals surface area contributed by atoms with E-state index in [0.717, 1.165) is 23.9 Å². The summed E-state index contributed by atoms with van der Waals surface area (Å²) in [6.45, 7) is 11.5. The number of non-ortho nitro benzene ring substituents is 1. The number of carbonyl (C=O) groups is 1. The number of hydrogen-bond donors (Lipinski definition) is 1. The Morgan fingerprint density at radius 3 is 2.37 bits per heavy atom. The van der Waals surface area contributed by atoms with Crippen molar-refractivity contribution in [2.75, 3.05) is 19.6 Å². The van der Waals surface area contributed by atoms with Gasteiger partial charge in [-0.15, -0.1) is 11.8 Å². The van der Waals surface area contributed by atoms with Gasteiger partial charge in [-0.1, -0.05) is 20.8 Å². The number of carbonyl (C=O) groups excluding carboxylic acids is 1. The quantitative estimate of drug-likeness (QED) is 0.411. The lowest BCUT2D eigenvalue weighted by Gasteiger charge is -2.39. The van der Waals surface area contributed by atoms with Crippen molar-refractivity contribution in [2.45, 2.75) is 56.7 Å². The number of nitrogens with one attached hydrogen (secondary N) is 1. The molecule has 27 heavy (non-hydrogen) atoms. The summed E-state index contributed by atoms with van der Waals surface area (Å²) >= 11 is 1.42. The second-order valence-corrected chi connectivity index (χ2v) is 9.20. The molecule has 6 nitrogen and oxygen atoms in total. The molecule has 150 valence electrons. The first-order valence-corrected chi connectivity index (χ1v) is 10.6. The summed E-state index contributed by atoms with van der Waals surface area (Å²) < 4.78 is 0. The molecule has 0 aromatic heterocycles. The van der Waals surface area contributed by atoms with Crippen LogP contribution < -0.4 is 5.32 Å². The normalized spacial score (nSPS) is 18.3. The Balaban J connectivity index is 1.85. The standard InChI is InChI=1S/C20H31N3O3S/c1-14(2)19(22-11-9-15(3)10-12-22)13-21-20(24)16(4)27-18-7-5-17(6-8-18)23(25)26/h5-8,14-16,19H,9-13H2,1-4H3,(H,21,24)/t16-,19-/m1/s1. The van der Waals surface area contributed by atoms with E-state index in [-0.39, 0.29) is 16.8 Å². The monoisotopic (exact) mass is 393 g/mol. The van der Waals surface area contributed by atoms with Gasteiger partial charge < -0.3 is 5.32 Å². The van der Waals surface area contributed by atoms with Gasteiger partial charge in [0.25, 0.3) is 5.69 Å². The summed E-state index contributed by atoms with van der Waals surface area (Å²) in [5.41, 5.74) is 0.0621. The molecule has 7 heteroatoms. The minimum atomic E-state index is -0.419. The SMILES string of the molecule is CC1CCN([C@H](CNC(=O)[C@@H](C)Sc2ccc([N+](=O)[O-])cc2)C(C)C)CC1. The average Bonchev–Trinajstić information content (AvgIpc) is 2.63. The molecule has 1 N–H and O–H groups in total. The van der Waals surface area contributed by atoms with Crippen molar-refractivity contribution in [1.82, 2.24) is 10.2 Å². The van der Waals surface area contributed by atoms with Crippen molar-refractivity contribution in [3.8, 4) is 0 Å². The average molecular weight is 394 g/mol. The van der Waals surface area contributed by atoms with Gasteiger partial charge in [-0.3, -0.25) is 19.8 Å². The van der Waals surface area contributed by atoms with Crippen LogP contribution in [0.5, 0.6) is 0 Å². The molecule has 0 aliphatic carbocycles. The lowest BCUT2D eigenvalue weighted by molar-refractivity contribution is -0.384. The van der Waals surface area contributed by atoms with E-state index in [4.69, 9.17) is 0 Å². The van der Waals surface area contributed by atoms with Crippen LogP contribution in [0.4, 0.5) is 5.69 Å². The van der Waals surface area contributed by atoms with Gasteiger partial charge in [0, 0.05) is 29.6 Å². The highest BCUT2D eigenvalue weighted by Gasteiger charge is 2.26. The molecule has 1 amide bonds. The van der Waals surface area contributed by atoms with Crippen molar-refractivity contribution < 1.29 is 9.72 Å². The Bertz CT molecular complexity index is 628. The van der Waals surface area contributed by atoms with Crippen molar-refractivity contribution in [1.29, 1.82) is 0 Å². The Labute approximate surface area is 166 Å². The number of rotatable bonds is 8. The van der Waals surface area contributed by atoms with E-state index in [0.29, 0.717) is 18.5 Å². The van der Waals surface area contributed by atoms with E-state index in [2.05, 4.69) is 31.0 Å². The molecule has 1 aromatic carbocycles. The lowest BCUT2D eigenvalue weighted by Crippen LogP contribution is -2.50. The van der Waals surface area contributed by atoms with Crippen LogP contribution in [0.3, 0.4) is 0 Å². The predicted molar refractivity (Wildman–Crippen MR) is 110 cm³/mol. The summed E-state index contributed by atoms with van der Waals surface area (Å²) in [5.74, 6) is 1.28.